The highest BCUT2D eigenvalue weighted by Crippen LogP contribution is 2.31. The number of hydrogen-bond donors (Lipinski definition) is 0. The van der Waals surface area contributed by atoms with Crippen molar-refractivity contribution in [2.24, 2.45) is 0 Å². The van der Waals surface area contributed by atoms with Gasteiger partial charge in [-0.15, -0.1) is 0 Å². The monoisotopic (exact) mass is 483 g/mol. The number of benzene rings is 2. The average molecular weight is 484 g/mol. The lowest BCUT2D eigenvalue weighted by atomic mass is 10.2. The van der Waals surface area contributed by atoms with E-state index in [1.54, 1.807) is 17.3 Å². The molecule has 0 bridgehead atoms. The molecule has 0 aliphatic heterocycles. The van der Waals surface area contributed by atoms with Gasteiger partial charge in [0.05, 0.1) is 27.4 Å². The zero-order valence-electron chi connectivity index (χ0n) is 17.9. The molecule has 0 unspecified atom stereocenters. The summed E-state index contributed by atoms with van der Waals surface area (Å²) in [6.45, 7) is 2.31. The van der Waals surface area contributed by atoms with Gasteiger partial charge in [-0.3, -0.25) is 14.7 Å². The molecule has 0 saturated heterocycles. The van der Waals surface area contributed by atoms with Gasteiger partial charge in [0.2, 0.25) is 5.91 Å². The Hall–Kier alpha value is -3.17. The molecule has 2 aromatic carbocycles. The first-order chi connectivity index (χ1) is 15.8. The molecule has 0 aliphatic rings. The Morgan fingerprint density at radius 3 is 2.52 bits per heavy atom. The minimum atomic E-state index is -3.61. The first-order valence-electron chi connectivity index (χ1n) is 10.4. The van der Waals surface area contributed by atoms with Gasteiger partial charge in [0.15, 0.2) is 15.0 Å². The standard InChI is InChI=1S/C24H22FN3O3S2/c1-17-4-9-21-22(15-17)32-24(27-21)28(16-18-10-12-26-13-11-18)23(29)3-2-14-33(30,31)20-7-5-19(25)6-8-20/h4-13,15H,2-3,14,16H2,1H3. The lowest BCUT2D eigenvalue weighted by Crippen LogP contribution is -2.30. The van der Waals surface area contributed by atoms with Crippen molar-refractivity contribution < 1.29 is 17.6 Å². The van der Waals surface area contributed by atoms with Crippen molar-refractivity contribution in [1.29, 1.82) is 0 Å². The first-order valence-corrected chi connectivity index (χ1v) is 12.8. The Labute approximate surface area is 195 Å². The predicted octanol–water partition coefficient (Wildman–Crippen LogP) is 4.93. The molecule has 0 atom stereocenters. The number of sulfone groups is 1. The highest BCUT2D eigenvalue weighted by atomic mass is 32.2. The zero-order valence-corrected chi connectivity index (χ0v) is 19.6. The second-order valence-corrected chi connectivity index (χ2v) is 10.8. The third-order valence-electron chi connectivity index (χ3n) is 5.13. The summed E-state index contributed by atoms with van der Waals surface area (Å²) < 4.78 is 39.2. The van der Waals surface area contributed by atoms with E-state index in [0.29, 0.717) is 11.7 Å². The van der Waals surface area contributed by atoms with Gasteiger partial charge in [0.1, 0.15) is 5.82 Å². The molecule has 0 saturated carbocycles. The van der Waals surface area contributed by atoms with E-state index in [9.17, 15) is 17.6 Å². The van der Waals surface area contributed by atoms with Crippen LogP contribution in [0.1, 0.15) is 24.0 Å². The van der Waals surface area contributed by atoms with Crippen molar-refractivity contribution in [3.05, 3.63) is 83.9 Å². The third kappa shape index (κ3) is 5.61. The lowest BCUT2D eigenvalue weighted by molar-refractivity contribution is -0.118. The van der Waals surface area contributed by atoms with Gasteiger partial charge in [-0.05, 0) is 73.0 Å². The van der Waals surface area contributed by atoms with Crippen molar-refractivity contribution >= 4 is 42.4 Å². The summed E-state index contributed by atoms with van der Waals surface area (Å²) in [5, 5.41) is 0.568. The van der Waals surface area contributed by atoms with Gasteiger partial charge in [-0.25, -0.2) is 17.8 Å². The van der Waals surface area contributed by atoms with Crippen molar-refractivity contribution in [3.63, 3.8) is 0 Å². The van der Waals surface area contributed by atoms with Crippen molar-refractivity contribution in [1.82, 2.24) is 9.97 Å². The SMILES string of the molecule is Cc1ccc2nc(N(Cc3ccncc3)C(=O)CCCS(=O)(=O)c3ccc(F)cc3)sc2c1. The maximum absolute atomic E-state index is 13.2. The number of fused-ring (bicyclic) bond motifs is 1. The number of anilines is 1. The summed E-state index contributed by atoms with van der Waals surface area (Å²) in [7, 11) is -3.61. The molecule has 2 heterocycles. The molecule has 170 valence electrons. The molecule has 0 fully saturated rings. The van der Waals surface area contributed by atoms with Gasteiger partial charge in [0.25, 0.3) is 0 Å². The van der Waals surface area contributed by atoms with Crippen LogP contribution in [-0.4, -0.2) is 30.0 Å². The summed E-state index contributed by atoms with van der Waals surface area (Å²) in [6.07, 6.45) is 3.51. The molecule has 2 aromatic heterocycles. The van der Waals surface area contributed by atoms with E-state index in [2.05, 4.69) is 9.97 Å². The molecule has 9 heteroatoms. The quantitative estimate of drug-likeness (QED) is 0.332. The summed E-state index contributed by atoms with van der Waals surface area (Å²) in [4.78, 5) is 23.5. The Bertz CT molecular complexity index is 1370. The largest absolute Gasteiger partial charge is 0.284 e. The number of aryl methyl sites for hydroxylation is 1. The molecule has 0 spiro atoms. The van der Waals surface area contributed by atoms with Crippen molar-refractivity contribution in [2.45, 2.75) is 31.2 Å². The number of carbonyl (C=O) groups excluding carboxylic acids is 1. The van der Waals surface area contributed by atoms with Crippen molar-refractivity contribution in [2.75, 3.05) is 10.7 Å². The molecule has 6 nitrogen and oxygen atoms in total. The molecule has 4 aromatic rings. The highest BCUT2D eigenvalue weighted by molar-refractivity contribution is 7.91. The number of carbonyl (C=O) groups is 1. The van der Waals surface area contributed by atoms with Crippen LogP contribution in [0.5, 0.6) is 0 Å². The van der Waals surface area contributed by atoms with E-state index in [1.807, 2.05) is 37.3 Å². The average Bonchev–Trinajstić information content (AvgIpc) is 3.21. The number of halogens is 1. The maximum atomic E-state index is 13.2. The van der Waals surface area contributed by atoms with Crippen LogP contribution in [-0.2, 0) is 21.2 Å². The summed E-state index contributed by atoms with van der Waals surface area (Å²) in [5.41, 5.74) is 2.82. The van der Waals surface area contributed by atoms with Gasteiger partial charge in [-0.1, -0.05) is 17.4 Å². The van der Waals surface area contributed by atoms with E-state index in [-0.39, 0.29) is 29.4 Å². The topological polar surface area (TPSA) is 80.2 Å². The van der Waals surface area contributed by atoms with Gasteiger partial charge >= 0.3 is 0 Å². The second-order valence-electron chi connectivity index (χ2n) is 7.68. The number of aromatic nitrogens is 2. The molecule has 1 amide bonds. The number of rotatable bonds is 8. The fourth-order valence-electron chi connectivity index (χ4n) is 3.38. The summed E-state index contributed by atoms with van der Waals surface area (Å²) in [5.74, 6) is -0.911. The number of hydrogen-bond acceptors (Lipinski definition) is 6. The van der Waals surface area contributed by atoms with Crippen LogP contribution in [0.4, 0.5) is 9.52 Å². The molecular formula is C24H22FN3O3S2. The first kappa shape index (κ1) is 23.0. The maximum Gasteiger partial charge on any atom is 0.229 e. The minimum absolute atomic E-state index is 0.0421. The summed E-state index contributed by atoms with van der Waals surface area (Å²) >= 11 is 1.43. The summed E-state index contributed by atoms with van der Waals surface area (Å²) in [6, 6.07) is 14.3. The van der Waals surface area contributed by atoms with Gasteiger partial charge in [-0.2, -0.15) is 0 Å². The number of amides is 1. The number of thiazole rings is 1. The Morgan fingerprint density at radius 2 is 1.79 bits per heavy atom. The predicted molar refractivity (Wildman–Crippen MR) is 127 cm³/mol. The molecule has 4 rings (SSSR count). The molecular weight excluding hydrogens is 461 g/mol. The number of nitrogens with zero attached hydrogens (tertiary/aromatic N) is 3. The fourth-order valence-corrected chi connectivity index (χ4v) is 5.77. The van der Waals surface area contributed by atoms with Crippen LogP contribution < -0.4 is 4.90 Å². The van der Waals surface area contributed by atoms with E-state index in [1.165, 1.54) is 23.5 Å². The second kappa shape index (κ2) is 9.76. The molecule has 0 N–H and O–H groups in total. The van der Waals surface area contributed by atoms with E-state index >= 15 is 0 Å². The van der Waals surface area contributed by atoms with Gasteiger partial charge in [0, 0.05) is 18.8 Å². The Morgan fingerprint density at radius 1 is 1.06 bits per heavy atom. The molecule has 0 aliphatic carbocycles. The van der Waals surface area contributed by atoms with Crippen LogP contribution in [0, 0.1) is 12.7 Å². The van der Waals surface area contributed by atoms with Crippen LogP contribution in [0.3, 0.4) is 0 Å². The van der Waals surface area contributed by atoms with E-state index in [0.717, 1.165) is 33.5 Å². The normalized spacial score (nSPS) is 11.6. The molecule has 0 radical (unpaired) electrons. The van der Waals surface area contributed by atoms with Crippen LogP contribution >= 0.6 is 11.3 Å². The van der Waals surface area contributed by atoms with E-state index in [4.69, 9.17) is 0 Å². The number of pyridine rings is 1. The molecule has 33 heavy (non-hydrogen) atoms. The lowest BCUT2D eigenvalue weighted by Gasteiger charge is -2.20. The smallest absolute Gasteiger partial charge is 0.229 e. The van der Waals surface area contributed by atoms with Crippen LogP contribution in [0.15, 0.2) is 71.9 Å². The highest BCUT2D eigenvalue weighted by Gasteiger charge is 2.22. The minimum Gasteiger partial charge on any atom is -0.284 e. The third-order valence-corrected chi connectivity index (χ3v) is 7.99. The van der Waals surface area contributed by atoms with Gasteiger partial charge < -0.3 is 0 Å². The Kier molecular flexibility index (Phi) is 6.80. The van der Waals surface area contributed by atoms with Crippen LogP contribution in [0.2, 0.25) is 0 Å². The van der Waals surface area contributed by atoms with E-state index < -0.39 is 15.7 Å². The fraction of sp³-hybridized carbons (Fsp3) is 0.208. The zero-order chi connectivity index (χ0) is 23.4. The Balaban J connectivity index is 1.52. The van der Waals surface area contributed by atoms with Crippen LogP contribution in [0.25, 0.3) is 10.2 Å². The van der Waals surface area contributed by atoms with Crippen molar-refractivity contribution in [3.8, 4) is 0 Å².